The van der Waals surface area contributed by atoms with Crippen molar-refractivity contribution in [1.82, 2.24) is 9.97 Å². The Hall–Kier alpha value is -1.69. The lowest BCUT2D eigenvalue weighted by molar-refractivity contribution is 0.0286. The van der Waals surface area contributed by atoms with Gasteiger partial charge in [-0.15, -0.1) is 0 Å². The molecule has 0 amide bonds. The Bertz CT molecular complexity index is 506. The van der Waals surface area contributed by atoms with Crippen LogP contribution in [0.3, 0.4) is 0 Å². The topological polar surface area (TPSA) is 92.3 Å². The number of aromatic amines is 1. The van der Waals surface area contributed by atoms with Crippen molar-refractivity contribution >= 4 is 5.97 Å². The normalized spacial score (nSPS) is 18.2. The number of nitrogens with one attached hydrogen (secondary N) is 1. The summed E-state index contributed by atoms with van der Waals surface area (Å²) in [5, 5.41) is 8.81. The highest BCUT2D eigenvalue weighted by atomic mass is 16.5. The van der Waals surface area contributed by atoms with Gasteiger partial charge in [-0.1, -0.05) is 19.3 Å². The molecule has 0 radical (unpaired) electrons. The van der Waals surface area contributed by atoms with Crippen molar-refractivity contribution in [3.8, 4) is 0 Å². The van der Waals surface area contributed by atoms with Crippen LogP contribution in [-0.4, -0.2) is 28.2 Å². The quantitative estimate of drug-likeness (QED) is 0.865. The number of aromatic nitrogens is 2. The van der Waals surface area contributed by atoms with Gasteiger partial charge in [0.15, 0.2) is 0 Å². The molecule has 1 saturated carbocycles. The maximum atomic E-state index is 11.7. The second-order valence-electron chi connectivity index (χ2n) is 4.87. The highest BCUT2D eigenvalue weighted by Gasteiger charge is 2.27. The highest BCUT2D eigenvalue weighted by molar-refractivity contribution is 5.86. The van der Waals surface area contributed by atoms with Crippen LogP contribution < -0.4 is 5.56 Å². The minimum atomic E-state index is -1.27. The molecule has 2 N–H and O–H groups in total. The zero-order valence-corrected chi connectivity index (χ0v) is 10.9. The first-order valence-electron chi connectivity index (χ1n) is 6.48. The first-order valence-corrected chi connectivity index (χ1v) is 6.48. The molecule has 1 unspecified atom stereocenters. The largest absolute Gasteiger partial charge is 0.477 e. The summed E-state index contributed by atoms with van der Waals surface area (Å²) in [5.41, 5.74) is -0.974. The first kappa shape index (κ1) is 13.7. The molecule has 1 aliphatic rings. The molecule has 0 aliphatic heterocycles. The Balaban J connectivity index is 2.25. The average molecular weight is 266 g/mol. The van der Waals surface area contributed by atoms with Crippen molar-refractivity contribution < 1.29 is 14.6 Å². The summed E-state index contributed by atoms with van der Waals surface area (Å²) in [6.07, 6.45) is 6.46. The molecule has 0 spiro atoms. The van der Waals surface area contributed by atoms with Gasteiger partial charge in [-0.25, -0.2) is 9.78 Å². The molecule has 1 atom stereocenters. The maximum absolute atomic E-state index is 11.7. The smallest absolute Gasteiger partial charge is 0.342 e. The molecule has 1 aromatic rings. The van der Waals surface area contributed by atoms with Gasteiger partial charge >= 0.3 is 5.97 Å². The predicted octanol–water partition coefficient (Wildman–Crippen LogP) is 1.74. The van der Waals surface area contributed by atoms with Crippen LogP contribution in [0.5, 0.6) is 0 Å². The van der Waals surface area contributed by atoms with E-state index in [1.165, 1.54) is 6.42 Å². The van der Waals surface area contributed by atoms with E-state index in [1.807, 2.05) is 0 Å². The minimum Gasteiger partial charge on any atom is -0.477 e. The number of ether oxygens (including phenoxy) is 1. The van der Waals surface area contributed by atoms with E-state index in [2.05, 4.69) is 9.97 Å². The molecule has 1 fully saturated rings. The summed E-state index contributed by atoms with van der Waals surface area (Å²) >= 11 is 0. The molecule has 1 aliphatic carbocycles. The number of nitrogens with zero attached hydrogens (tertiary/aromatic N) is 1. The van der Waals surface area contributed by atoms with Gasteiger partial charge in [0, 0.05) is 13.3 Å². The fourth-order valence-electron chi connectivity index (χ4n) is 2.67. The third kappa shape index (κ3) is 3.01. The lowest BCUT2D eigenvalue weighted by Crippen LogP contribution is -2.25. The van der Waals surface area contributed by atoms with Gasteiger partial charge in [-0.05, 0) is 18.8 Å². The number of carboxylic acid groups (broad SMARTS) is 1. The van der Waals surface area contributed by atoms with Crippen molar-refractivity contribution in [1.29, 1.82) is 0 Å². The van der Waals surface area contributed by atoms with Crippen LogP contribution in [0.1, 0.15) is 54.4 Å². The predicted molar refractivity (Wildman–Crippen MR) is 68.1 cm³/mol. The molecule has 1 heterocycles. The number of H-pyrrole nitrogens is 1. The monoisotopic (exact) mass is 266 g/mol. The van der Waals surface area contributed by atoms with E-state index in [1.54, 1.807) is 7.11 Å². The summed E-state index contributed by atoms with van der Waals surface area (Å²) in [7, 11) is 1.59. The SMILES string of the molecule is COC(c1ncc(C(=O)O)c(=O)[nH]1)C1CCCCC1. The molecule has 6 nitrogen and oxygen atoms in total. The van der Waals surface area contributed by atoms with Gasteiger partial charge in [0.25, 0.3) is 5.56 Å². The van der Waals surface area contributed by atoms with E-state index < -0.39 is 11.5 Å². The Kier molecular flexibility index (Phi) is 4.31. The minimum absolute atomic E-state index is 0.268. The number of rotatable bonds is 4. The highest BCUT2D eigenvalue weighted by Crippen LogP contribution is 2.34. The zero-order valence-electron chi connectivity index (χ0n) is 10.9. The second kappa shape index (κ2) is 5.97. The van der Waals surface area contributed by atoms with E-state index in [9.17, 15) is 9.59 Å². The fourth-order valence-corrected chi connectivity index (χ4v) is 2.67. The van der Waals surface area contributed by atoms with E-state index in [4.69, 9.17) is 9.84 Å². The van der Waals surface area contributed by atoms with E-state index in [-0.39, 0.29) is 11.7 Å². The van der Waals surface area contributed by atoms with Crippen molar-refractivity contribution in [3.63, 3.8) is 0 Å². The molecule has 1 aromatic heterocycles. The first-order chi connectivity index (χ1) is 9.13. The van der Waals surface area contributed by atoms with Gasteiger partial charge in [0.05, 0.1) is 0 Å². The van der Waals surface area contributed by atoms with E-state index in [0.717, 1.165) is 31.9 Å². The third-order valence-electron chi connectivity index (χ3n) is 3.65. The van der Waals surface area contributed by atoms with Crippen LogP contribution in [0.15, 0.2) is 11.0 Å². The van der Waals surface area contributed by atoms with Crippen LogP contribution >= 0.6 is 0 Å². The Morgan fingerprint density at radius 3 is 2.68 bits per heavy atom. The van der Waals surface area contributed by atoms with Crippen LogP contribution in [0.2, 0.25) is 0 Å². The maximum Gasteiger partial charge on any atom is 0.342 e. The summed E-state index contributed by atoms with van der Waals surface area (Å²) < 4.78 is 5.45. The van der Waals surface area contributed by atoms with Crippen molar-refractivity contribution in [3.05, 3.63) is 27.9 Å². The molecule has 6 heteroatoms. The summed E-state index contributed by atoms with van der Waals surface area (Å²) in [4.78, 5) is 29.0. The molecule has 0 bridgehead atoms. The lowest BCUT2D eigenvalue weighted by Gasteiger charge is -2.28. The number of aromatic carboxylic acids is 1. The fraction of sp³-hybridized carbons (Fsp3) is 0.615. The van der Waals surface area contributed by atoms with Gasteiger partial charge < -0.3 is 14.8 Å². The number of hydrogen-bond donors (Lipinski definition) is 2. The van der Waals surface area contributed by atoms with Gasteiger partial charge in [-0.3, -0.25) is 4.79 Å². The summed E-state index contributed by atoms with van der Waals surface area (Å²) in [5.74, 6) is -0.520. The molecule has 0 saturated heterocycles. The summed E-state index contributed by atoms with van der Waals surface area (Å²) in [6.45, 7) is 0. The Morgan fingerprint density at radius 2 is 2.16 bits per heavy atom. The molecule has 2 rings (SSSR count). The number of carboxylic acids is 1. The van der Waals surface area contributed by atoms with Crippen LogP contribution in [0.4, 0.5) is 0 Å². The van der Waals surface area contributed by atoms with Gasteiger partial charge in [0.2, 0.25) is 0 Å². The third-order valence-corrected chi connectivity index (χ3v) is 3.65. The molecular weight excluding hydrogens is 248 g/mol. The zero-order chi connectivity index (χ0) is 13.8. The van der Waals surface area contributed by atoms with Crippen molar-refractivity contribution in [2.45, 2.75) is 38.2 Å². The number of carbonyl (C=O) groups is 1. The second-order valence-corrected chi connectivity index (χ2v) is 4.87. The number of methoxy groups -OCH3 is 1. The molecule has 104 valence electrons. The van der Waals surface area contributed by atoms with Crippen LogP contribution in [0.25, 0.3) is 0 Å². The van der Waals surface area contributed by atoms with E-state index >= 15 is 0 Å². The standard InChI is InChI=1S/C13H18N2O4/c1-19-10(8-5-3-2-4-6-8)11-14-7-9(13(17)18)12(16)15-11/h7-8,10H,2-6H2,1H3,(H,17,18)(H,14,15,16). The molecular formula is C13H18N2O4. The van der Waals surface area contributed by atoms with Crippen molar-refractivity contribution in [2.75, 3.05) is 7.11 Å². The number of hydrogen-bond acceptors (Lipinski definition) is 4. The molecule has 0 aromatic carbocycles. The Morgan fingerprint density at radius 1 is 1.47 bits per heavy atom. The van der Waals surface area contributed by atoms with Crippen LogP contribution in [-0.2, 0) is 4.74 Å². The van der Waals surface area contributed by atoms with Gasteiger partial charge in [-0.2, -0.15) is 0 Å². The Labute approximate surface area is 110 Å². The van der Waals surface area contributed by atoms with Gasteiger partial charge in [0.1, 0.15) is 17.5 Å². The summed E-state index contributed by atoms with van der Waals surface area (Å²) in [6, 6.07) is 0. The van der Waals surface area contributed by atoms with Crippen LogP contribution in [0, 0.1) is 5.92 Å². The van der Waals surface area contributed by atoms with E-state index in [0.29, 0.717) is 11.7 Å². The van der Waals surface area contributed by atoms with Crippen molar-refractivity contribution in [2.24, 2.45) is 5.92 Å². The average Bonchev–Trinajstić information content (AvgIpc) is 2.40. The molecule has 19 heavy (non-hydrogen) atoms. The lowest BCUT2D eigenvalue weighted by atomic mass is 9.85.